The Morgan fingerprint density at radius 2 is 2.09 bits per heavy atom. The molecule has 0 bridgehead atoms. The van der Waals surface area contributed by atoms with E-state index in [1.165, 1.54) is 4.88 Å². The van der Waals surface area contributed by atoms with Crippen LogP contribution in [-0.2, 0) is 17.9 Å². The molecule has 2 aromatic rings. The minimum atomic E-state index is 0.569. The Morgan fingerprint density at radius 1 is 1.18 bits per heavy atom. The summed E-state index contributed by atoms with van der Waals surface area (Å²) in [6.07, 6.45) is 0. The van der Waals surface area contributed by atoms with Gasteiger partial charge in [-0.3, -0.25) is 0 Å². The summed E-state index contributed by atoms with van der Waals surface area (Å²) < 4.78 is 16.6. The van der Waals surface area contributed by atoms with E-state index in [0.29, 0.717) is 6.61 Å². The molecule has 22 heavy (non-hydrogen) atoms. The molecule has 5 heteroatoms. The predicted octanol–water partition coefficient (Wildman–Crippen LogP) is 3.46. The number of hydrogen-bond donors (Lipinski definition) is 1. The van der Waals surface area contributed by atoms with Crippen LogP contribution in [0.4, 0.5) is 0 Å². The number of benzene rings is 1. The number of hydrogen-bond acceptors (Lipinski definition) is 5. The summed E-state index contributed by atoms with van der Waals surface area (Å²) >= 11 is 1.69. The molecule has 0 atom stereocenters. The zero-order valence-corrected chi connectivity index (χ0v) is 13.9. The number of rotatable bonds is 10. The van der Waals surface area contributed by atoms with Gasteiger partial charge in [0, 0.05) is 24.6 Å². The van der Waals surface area contributed by atoms with E-state index in [1.54, 1.807) is 18.4 Å². The van der Waals surface area contributed by atoms with E-state index in [4.69, 9.17) is 14.2 Å². The minimum Gasteiger partial charge on any atom is -0.493 e. The van der Waals surface area contributed by atoms with Gasteiger partial charge in [-0.1, -0.05) is 12.1 Å². The van der Waals surface area contributed by atoms with Crippen molar-refractivity contribution in [3.05, 3.63) is 46.2 Å². The monoisotopic (exact) mass is 321 g/mol. The molecule has 1 N–H and O–H groups in total. The first-order chi connectivity index (χ1) is 10.8. The predicted molar refractivity (Wildman–Crippen MR) is 89.8 cm³/mol. The van der Waals surface area contributed by atoms with E-state index in [2.05, 4.69) is 17.4 Å². The average molecular weight is 321 g/mol. The zero-order chi connectivity index (χ0) is 15.6. The summed E-state index contributed by atoms with van der Waals surface area (Å²) in [6, 6.07) is 10.1. The van der Waals surface area contributed by atoms with Crippen LogP contribution in [0.2, 0.25) is 0 Å². The maximum absolute atomic E-state index is 5.83. The van der Waals surface area contributed by atoms with Crippen LogP contribution in [0.3, 0.4) is 0 Å². The van der Waals surface area contributed by atoms with Gasteiger partial charge in [0.05, 0.1) is 13.7 Å². The number of methoxy groups -OCH3 is 1. The van der Waals surface area contributed by atoms with Gasteiger partial charge in [0.1, 0.15) is 6.61 Å². The SMILES string of the molecule is CCOCCNCc1ccc(OCc2cccs2)c(OC)c1. The van der Waals surface area contributed by atoms with Crippen molar-refractivity contribution < 1.29 is 14.2 Å². The fraction of sp³-hybridized carbons (Fsp3) is 0.412. The molecular formula is C17H23NO3S. The molecule has 1 heterocycles. The van der Waals surface area contributed by atoms with Gasteiger partial charge in [-0.2, -0.15) is 0 Å². The Labute approximate surface area is 136 Å². The van der Waals surface area contributed by atoms with Crippen molar-refractivity contribution in [1.29, 1.82) is 0 Å². The molecule has 120 valence electrons. The smallest absolute Gasteiger partial charge is 0.161 e. The van der Waals surface area contributed by atoms with Gasteiger partial charge < -0.3 is 19.5 Å². The third kappa shape index (κ3) is 5.33. The van der Waals surface area contributed by atoms with Gasteiger partial charge in [0.15, 0.2) is 11.5 Å². The normalized spacial score (nSPS) is 10.6. The summed E-state index contributed by atoms with van der Waals surface area (Å²) in [6.45, 7) is 5.68. The number of thiophene rings is 1. The molecule has 0 saturated heterocycles. The summed E-state index contributed by atoms with van der Waals surface area (Å²) in [5.41, 5.74) is 1.16. The third-order valence-corrected chi connectivity index (χ3v) is 3.98. The molecule has 0 radical (unpaired) electrons. The molecular weight excluding hydrogens is 298 g/mol. The summed E-state index contributed by atoms with van der Waals surface area (Å²) in [5, 5.41) is 5.39. The second-order valence-electron chi connectivity index (χ2n) is 4.73. The van der Waals surface area contributed by atoms with Crippen molar-refractivity contribution in [3.63, 3.8) is 0 Å². The lowest BCUT2D eigenvalue weighted by atomic mass is 10.2. The lowest BCUT2D eigenvalue weighted by molar-refractivity contribution is 0.149. The van der Waals surface area contributed by atoms with E-state index in [9.17, 15) is 0 Å². The first kappa shape index (κ1) is 16.8. The van der Waals surface area contributed by atoms with Crippen LogP contribution in [0.15, 0.2) is 35.7 Å². The lowest BCUT2D eigenvalue weighted by Crippen LogP contribution is -2.19. The Kier molecular flexibility index (Phi) is 7.22. The van der Waals surface area contributed by atoms with Crippen LogP contribution < -0.4 is 14.8 Å². The maximum Gasteiger partial charge on any atom is 0.161 e. The zero-order valence-electron chi connectivity index (χ0n) is 13.1. The molecule has 0 aliphatic rings. The molecule has 1 aromatic carbocycles. The van der Waals surface area contributed by atoms with Crippen LogP contribution >= 0.6 is 11.3 Å². The van der Waals surface area contributed by atoms with Crippen molar-refractivity contribution in [3.8, 4) is 11.5 Å². The summed E-state index contributed by atoms with van der Waals surface area (Å²) in [4.78, 5) is 1.20. The Balaban J connectivity index is 1.86. The van der Waals surface area contributed by atoms with E-state index in [-0.39, 0.29) is 0 Å². The first-order valence-electron chi connectivity index (χ1n) is 7.44. The Morgan fingerprint density at radius 3 is 2.82 bits per heavy atom. The Bertz CT molecular complexity index is 543. The van der Waals surface area contributed by atoms with E-state index in [0.717, 1.165) is 43.4 Å². The van der Waals surface area contributed by atoms with Crippen molar-refractivity contribution in [2.75, 3.05) is 26.9 Å². The molecule has 0 unspecified atom stereocenters. The third-order valence-electron chi connectivity index (χ3n) is 3.13. The lowest BCUT2D eigenvalue weighted by Gasteiger charge is -2.12. The van der Waals surface area contributed by atoms with Gasteiger partial charge >= 0.3 is 0 Å². The molecule has 0 saturated carbocycles. The highest BCUT2D eigenvalue weighted by Gasteiger charge is 2.06. The van der Waals surface area contributed by atoms with E-state index >= 15 is 0 Å². The Hall–Kier alpha value is -1.56. The quantitative estimate of drug-likeness (QED) is 0.680. The number of ether oxygens (including phenoxy) is 3. The van der Waals surface area contributed by atoms with Crippen molar-refractivity contribution in [2.24, 2.45) is 0 Å². The van der Waals surface area contributed by atoms with Crippen molar-refractivity contribution in [2.45, 2.75) is 20.1 Å². The topological polar surface area (TPSA) is 39.7 Å². The molecule has 0 aliphatic carbocycles. The largest absolute Gasteiger partial charge is 0.493 e. The van der Waals surface area contributed by atoms with Crippen LogP contribution in [0.5, 0.6) is 11.5 Å². The van der Waals surface area contributed by atoms with E-state index in [1.807, 2.05) is 30.5 Å². The molecule has 0 amide bonds. The van der Waals surface area contributed by atoms with Gasteiger partial charge in [-0.05, 0) is 36.1 Å². The van der Waals surface area contributed by atoms with E-state index < -0.39 is 0 Å². The first-order valence-corrected chi connectivity index (χ1v) is 8.32. The summed E-state index contributed by atoms with van der Waals surface area (Å²) in [7, 11) is 1.67. The molecule has 1 aromatic heterocycles. The highest BCUT2D eigenvalue weighted by Crippen LogP contribution is 2.29. The van der Waals surface area contributed by atoms with Gasteiger partial charge in [-0.15, -0.1) is 11.3 Å². The average Bonchev–Trinajstić information content (AvgIpc) is 3.06. The highest BCUT2D eigenvalue weighted by atomic mass is 32.1. The van der Waals surface area contributed by atoms with Crippen LogP contribution in [0, 0.1) is 0 Å². The van der Waals surface area contributed by atoms with Crippen molar-refractivity contribution in [1.82, 2.24) is 5.32 Å². The van der Waals surface area contributed by atoms with Gasteiger partial charge in [0.25, 0.3) is 0 Å². The van der Waals surface area contributed by atoms with Crippen LogP contribution in [0.1, 0.15) is 17.4 Å². The maximum atomic E-state index is 5.83. The van der Waals surface area contributed by atoms with Gasteiger partial charge in [0.2, 0.25) is 0 Å². The fourth-order valence-electron chi connectivity index (χ4n) is 2.01. The standard InChI is InChI=1S/C17H23NO3S/c1-3-20-9-8-18-12-14-6-7-16(17(11-14)19-2)21-13-15-5-4-10-22-15/h4-7,10-11,18H,3,8-9,12-13H2,1-2H3. The molecule has 0 aliphatic heterocycles. The van der Waals surface area contributed by atoms with Crippen molar-refractivity contribution >= 4 is 11.3 Å². The molecule has 4 nitrogen and oxygen atoms in total. The van der Waals surface area contributed by atoms with Crippen LogP contribution in [0.25, 0.3) is 0 Å². The second kappa shape index (κ2) is 9.46. The second-order valence-corrected chi connectivity index (χ2v) is 5.76. The summed E-state index contributed by atoms with van der Waals surface area (Å²) in [5.74, 6) is 1.54. The molecule has 0 fully saturated rings. The molecule has 0 spiro atoms. The van der Waals surface area contributed by atoms with Crippen LogP contribution in [-0.4, -0.2) is 26.9 Å². The number of nitrogens with one attached hydrogen (secondary N) is 1. The molecule has 2 rings (SSSR count). The fourth-order valence-corrected chi connectivity index (χ4v) is 2.62. The minimum absolute atomic E-state index is 0.569. The highest BCUT2D eigenvalue weighted by molar-refractivity contribution is 7.09. The van der Waals surface area contributed by atoms with Gasteiger partial charge in [-0.25, -0.2) is 0 Å².